The topological polar surface area (TPSA) is 102 Å². The molecule has 0 saturated carbocycles. The molecule has 1 aromatic heterocycles. The minimum Gasteiger partial charge on any atom is -0.369 e. The lowest BCUT2D eigenvalue weighted by Crippen LogP contribution is -2.44. The van der Waals surface area contributed by atoms with Crippen molar-refractivity contribution in [2.45, 2.75) is 12.8 Å². The van der Waals surface area contributed by atoms with Gasteiger partial charge in [-0.05, 0) is 25.0 Å². The molecule has 2 rings (SSSR count). The fourth-order valence-corrected chi connectivity index (χ4v) is 2.30. The Morgan fingerprint density at radius 1 is 1.43 bits per heavy atom. The number of nitrogens with zero attached hydrogens (tertiary/aromatic N) is 2. The number of primary amides is 1. The second kappa shape index (κ2) is 6.86. The molecule has 1 aliphatic rings. The van der Waals surface area contributed by atoms with Gasteiger partial charge in [0.25, 0.3) is 5.91 Å². The second-order valence-corrected chi connectivity index (χ2v) is 4.93. The lowest BCUT2D eigenvalue weighted by atomic mass is 9.97. The fraction of sp³-hybridized carbons (Fsp3) is 0.400. The number of hydrogen-bond acceptors (Lipinski definition) is 4. The number of likely N-dealkylation sites (tertiary alicyclic amines) is 1. The van der Waals surface area contributed by atoms with Crippen LogP contribution >= 0.6 is 0 Å². The van der Waals surface area contributed by atoms with Gasteiger partial charge in [0, 0.05) is 24.8 Å². The lowest BCUT2D eigenvalue weighted by Gasteiger charge is -2.30. The van der Waals surface area contributed by atoms with Gasteiger partial charge in [-0.1, -0.05) is 11.8 Å². The lowest BCUT2D eigenvalue weighted by molar-refractivity contribution is -0.123. The monoisotopic (exact) mass is 286 g/mol. The second-order valence-electron chi connectivity index (χ2n) is 4.93. The van der Waals surface area contributed by atoms with E-state index in [-0.39, 0.29) is 24.3 Å². The van der Waals surface area contributed by atoms with E-state index in [1.807, 2.05) is 0 Å². The Bertz CT molecular complexity index is 586. The Morgan fingerprint density at radius 3 is 2.86 bits per heavy atom. The van der Waals surface area contributed by atoms with E-state index in [2.05, 4.69) is 16.8 Å². The number of aromatic nitrogens is 1. The van der Waals surface area contributed by atoms with E-state index in [9.17, 15) is 9.59 Å². The number of carbonyl (C=O) groups is 2. The normalized spacial score (nSPS) is 17.8. The van der Waals surface area contributed by atoms with Gasteiger partial charge in [0.1, 0.15) is 5.69 Å². The summed E-state index contributed by atoms with van der Waals surface area (Å²) in [6, 6.07) is 3.37. The average Bonchev–Trinajstić information content (AvgIpc) is 2.53. The van der Waals surface area contributed by atoms with Gasteiger partial charge in [0.15, 0.2) is 0 Å². The summed E-state index contributed by atoms with van der Waals surface area (Å²) in [5.41, 5.74) is 11.7. The summed E-state index contributed by atoms with van der Waals surface area (Å²) in [5.74, 6) is 4.77. The van der Waals surface area contributed by atoms with Crippen molar-refractivity contribution in [1.29, 1.82) is 0 Å². The quantitative estimate of drug-likeness (QED) is 0.730. The molecule has 4 N–H and O–H groups in total. The molecule has 2 amide bonds. The van der Waals surface area contributed by atoms with Crippen LogP contribution in [0.5, 0.6) is 0 Å². The molecule has 0 spiro atoms. The number of nitrogens with two attached hydrogens (primary N) is 2. The molecule has 110 valence electrons. The van der Waals surface area contributed by atoms with Crippen molar-refractivity contribution in [3.63, 3.8) is 0 Å². The van der Waals surface area contributed by atoms with E-state index in [4.69, 9.17) is 11.5 Å². The molecular formula is C15H18N4O2. The van der Waals surface area contributed by atoms with Crippen LogP contribution in [0.1, 0.15) is 28.9 Å². The zero-order chi connectivity index (χ0) is 15.2. The molecule has 2 heterocycles. The van der Waals surface area contributed by atoms with Crippen molar-refractivity contribution >= 4 is 11.8 Å². The zero-order valence-corrected chi connectivity index (χ0v) is 11.7. The summed E-state index contributed by atoms with van der Waals surface area (Å²) in [6.07, 6.45) is 3.06. The number of hydrogen-bond donors (Lipinski definition) is 2. The van der Waals surface area contributed by atoms with Gasteiger partial charge < -0.3 is 16.4 Å². The maximum atomic E-state index is 12.3. The highest BCUT2D eigenvalue weighted by Crippen LogP contribution is 2.17. The Morgan fingerprint density at radius 2 is 2.24 bits per heavy atom. The summed E-state index contributed by atoms with van der Waals surface area (Å²) < 4.78 is 0. The number of pyridine rings is 1. The SMILES string of the molecule is NCC#Cc1ccc(C(=O)N2CCCC(C(N)=O)C2)nc1. The maximum Gasteiger partial charge on any atom is 0.272 e. The molecule has 6 nitrogen and oxygen atoms in total. The van der Waals surface area contributed by atoms with Crippen LogP contribution in [0.4, 0.5) is 0 Å². The molecule has 1 atom stereocenters. The molecule has 0 bridgehead atoms. The Kier molecular flexibility index (Phi) is 4.90. The minimum absolute atomic E-state index is 0.181. The van der Waals surface area contributed by atoms with Gasteiger partial charge in [0.05, 0.1) is 12.5 Å². The predicted molar refractivity (Wildman–Crippen MR) is 78.0 cm³/mol. The van der Waals surface area contributed by atoms with Crippen molar-refractivity contribution in [1.82, 2.24) is 9.88 Å². The van der Waals surface area contributed by atoms with E-state index in [0.717, 1.165) is 12.8 Å². The first-order valence-corrected chi connectivity index (χ1v) is 6.85. The van der Waals surface area contributed by atoms with Gasteiger partial charge in [-0.15, -0.1) is 0 Å². The number of piperidine rings is 1. The van der Waals surface area contributed by atoms with E-state index >= 15 is 0 Å². The average molecular weight is 286 g/mol. The summed E-state index contributed by atoms with van der Waals surface area (Å²) in [4.78, 5) is 29.4. The van der Waals surface area contributed by atoms with Crippen molar-refractivity contribution in [2.24, 2.45) is 17.4 Å². The first kappa shape index (κ1) is 15.0. The highest BCUT2D eigenvalue weighted by Gasteiger charge is 2.27. The number of amides is 2. The largest absolute Gasteiger partial charge is 0.369 e. The summed E-state index contributed by atoms with van der Waals surface area (Å²) >= 11 is 0. The first-order chi connectivity index (χ1) is 10.1. The van der Waals surface area contributed by atoms with Gasteiger partial charge in [-0.3, -0.25) is 9.59 Å². The molecule has 1 aliphatic heterocycles. The van der Waals surface area contributed by atoms with Crippen molar-refractivity contribution in [3.8, 4) is 11.8 Å². The molecule has 1 fully saturated rings. The fourth-order valence-electron chi connectivity index (χ4n) is 2.30. The number of rotatable bonds is 2. The van der Waals surface area contributed by atoms with Gasteiger partial charge in [-0.25, -0.2) is 4.98 Å². The molecule has 1 aromatic rings. The van der Waals surface area contributed by atoms with Crippen LogP contribution in [0.25, 0.3) is 0 Å². The van der Waals surface area contributed by atoms with Crippen LogP contribution in [-0.4, -0.2) is 41.3 Å². The highest BCUT2D eigenvalue weighted by molar-refractivity contribution is 5.92. The van der Waals surface area contributed by atoms with Crippen molar-refractivity contribution in [3.05, 3.63) is 29.6 Å². The molecular weight excluding hydrogens is 268 g/mol. The van der Waals surface area contributed by atoms with Crippen LogP contribution in [0.15, 0.2) is 18.3 Å². The predicted octanol–water partition coefficient (Wildman–Crippen LogP) is -0.271. The van der Waals surface area contributed by atoms with Crippen LogP contribution in [0.2, 0.25) is 0 Å². The third-order valence-corrected chi connectivity index (χ3v) is 3.43. The van der Waals surface area contributed by atoms with Crippen LogP contribution in [0.3, 0.4) is 0 Å². The van der Waals surface area contributed by atoms with Crippen LogP contribution in [-0.2, 0) is 4.79 Å². The van der Waals surface area contributed by atoms with Gasteiger partial charge in [-0.2, -0.15) is 0 Å². The van der Waals surface area contributed by atoms with Crippen molar-refractivity contribution < 1.29 is 9.59 Å². The third kappa shape index (κ3) is 3.80. The molecule has 0 radical (unpaired) electrons. The highest BCUT2D eigenvalue weighted by atomic mass is 16.2. The van der Waals surface area contributed by atoms with E-state index in [1.54, 1.807) is 23.2 Å². The minimum atomic E-state index is -0.354. The van der Waals surface area contributed by atoms with Crippen LogP contribution in [0, 0.1) is 17.8 Å². The maximum absolute atomic E-state index is 12.3. The Balaban J connectivity index is 2.07. The standard InChI is InChI=1S/C15H18N4O2/c16-7-1-3-11-5-6-13(18-9-11)15(21)19-8-2-4-12(10-19)14(17)20/h5-6,9,12H,2,4,7-8,10,16H2,(H2,17,20). The Labute approximate surface area is 123 Å². The summed E-state index contributed by atoms with van der Waals surface area (Å²) in [6.45, 7) is 1.27. The summed E-state index contributed by atoms with van der Waals surface area (Å²) in [5, 5.41) is 0. The molecule has 1 saturated heterocycles. The van der Waals surface area contributed by atoms with E-state index < -0.39 is 0 Å². The number of carbonyl (C=O) groups excluding carboxylic acids is 2. The summed E-state index contributed by atoms with van der Waals surface area (Å²) in [7, 11) is 0. The van der Waals surface area contributed by atoms with Crippen molar-refractivity contribution in [2.75, 3.05) is 19.6 Å². The first-order valence-electron chi connectivity index (χ1n) is 6.85. The smallest absolute Gasteiger partial charge is 0.272 e. The molecule has 6 heteroatoms. The van der Waals surface area contributed by atoms with Crippen LogP contribution < -0.4 is 11.5 Å². The van der Waals surface area contributed by atoms with Gasteiger partial charge in [0.2, 0.25) is 5.91 Å². The molecule has 0 aromatic carbocycles. The van der Waals surface area contributed by atoms with E-state index in [1.165, 1.54) is 0 Å². The molecule has 1 unspecified atom stereocenters. The van der Waals surface area contributed by atoms with Gasteiger partial charge >= 0.3 is 0 Å². The molecule has 21 heavy (non-hydrogen) atoms. The zero-order valence-electron chi connectivity index (χ0n) is 11.7. The van der Waals surface area contributed by atoms with E-state index in [0.29, 0.717) is 24.3 Å². The third-order valence-electron chi connectivity index (χ3n) is 3.43. The Hall–Kier alpha value is -2.39. The molecule has 0 aliphatic carbocycles.